The van der Waals surface area contributed by atoms with E-state index in [1.54, 1.807) is 44.8 Å². The van der Waals surface area contributed by atoms with Crippen LogP contribution in [0.15, 0.2) is 67.0 Å². The van der Waals surface area contributed by atoms with Gasteiger partial charge in [0.2, 0.25) is 0 Å². The van der Waals surface area contributed by atoms with Crippen molar-refractivity contribution in [2.45, 2.75) is 56.4 Å². The molecule has 51 heavy (non-hydrogen) atoms. The average Bonchev–Trinajstić information content (AvgIpc) is 3.78. The highest BCUT2D eigenvalue weighted by Gasteiger charge is 2.48. The van der Waals surface area contributed by atoms with Crippen LogP contribution >= 0.6 is 34.5 Å². The number of nitrogens with zero attached hydrogens (tertiary/aromatic N) is 1. The minimum Gasteiger partial charge on any atom is -0.870 e. The molecule has 8 rings (SSSR count). The fourth-order valence-corrected chi connectivity index (χ4v) is 8.87. The number of ether oxygens (including phenoxy) is 4. The Hall–Kier alpha value is -3.71. The summed E-state index contributed by atoms with van der Waals surface area (Å²) in [6, 6.07) is 17.1. The summed E-state index contributed by atoms with van der Waals surface area (Å²) < 4.78 is 23.4. The van der Waals surface area contributed by atoms with Crippen molar-refractivity contribution in [3.05, 3.63) is 109 Å². The van der Waals surface area contributed by atoms with Crippen LogP contribution in [0.4, 0.5) is 0 Å². The highest BCUT2D eigenvalue weighted by atomic mass is 35.5. The molecular formula is C38H41Cl2N3O7S. The molecule has 0 amide bonds. The maximum Gasteiger partial charge on any atom is 0.348 e. The first-order chi connectivity index (χ1) is 24.3. The number of aromatic nitrogens is 1. The maximum atomic E-state index is 14.1. The number of esters is 2. The number of fused-ring (bicyclic) bond motifs is 4. The number of aromatic amines is 1. The van der Waals surface area contributed by atoms with E-state index in [1.165, 1.54) is 11.3 Å². The van der Waals surface area contributed by atoms with Crippen molar-refractivity contribution >= 4 is 46.5 Å². The van der Waals surface area contributed by atoms with Crippen LogP contribution in [0.5, 0.6) is 11.5 Å². The van der Waals surface area contributed by atoms with E-state index < -0.39 is 17.6 Å². The van der Waals surface area contributed by atoms with Crippen LogP contribution in [0.3, 0.4) is 0 Å². The Labute approximate surface area is 311 Å². The number of thiophene rings is 1. The van der Waals surface area contributed by atoms with Gasteiger partial charge in [-0.25, -0.2) is 14.6 Å². The van der Waals surface area contributed by atoms with Crippen molar-refractivity contribution in [1.29, 1.82) is 0 Å². The minimum atomic E-state index is -0.961. The van der Waals surface area contributed by atoms with E-state index in [0.717, 1.165) is 54.9 Å². The third kappa shape index (κ3) is 7.60. The summed E-state index contributed by atoms with van der Waals surface area (Å²) in [5.74, 6) is 0.768. The molecule has 0 radical (unpaired) electrons. The zero-order valence-electron chi connectivity index (χ0n) is 28.5. The van der Waals surface area contributed by atoms with Crippen molar-refractivity contribution < 1.29 is 39.0 Å². The molecule has 270 valence electrons. The maximum absolute atomic E-state index is 14.1. The molecule has 3 N–H and O–H groups in total. The number of aryl methyl sites for hydroxylation is 1. The van der Waals surface area contributed by atoms with Crippen LogP contribution in [0.2, 0.25) is 10.0 Å². The molecule has 13 heteroatoms. The SMILES string of the molecule is COc1ccc([C@H](Cc2c(Cl)c[nH+]cc2Cl)OC(=O)c2ccc(CNC3(C(=O)O[C@H]4CN5CCC4CC5)CCc4ccccc43)s2)cc1OC.[OH-]. The summed E-state index contributed by atoms with van der Waals surface area (Å²) in [4.78, 5) is 34.5. The van der Waals surface area contributed by atoms with E-state index in [9.17, 15) is 9.59 Å². The zero-order valence-corrected chi connectivity index (χ0v) is 30.8. The molecule has 3 aliphatic heterocycles. The fourth-order valence-electron chi connectivity index (χ4n) is 7.51. The third-order valence-corrected chi connectivity index (χ3v) is 12.0. The summed E-state index contributed by atoms with van der Waals surface area (Å²) >= 11 is 14.3. The van der Waals surface area contributed by atoms with E-state index in [-0.39, 0.29) is 24.0 Å². The number of piperidine rings is 3. The van der Waals surface area contributed by atoms with Gasteiger partial charge >= 0.3 is 11.9 Å². The quantitative estimate of drug-likeness (QED) is 0.163. The zero-order chi connectivity index (χ0) is 34.8. The smallest absolute Gasteiger partial charge is 0.348 e. The predicted octanol–water partition coefficient (Wildman–Crippen LogP) is 6.42. The normalized spacial score (nSPS) is 22.4. The van der Waals surface area contributed by atoms with Crippen molar-refractivity contribution in [3.8, 4) is 11.5 Å². The Kier molecular flexibility index (Phi) is 11.5. The van der Waals surface area contributed by atoms with Crippen molar-refractivity contribution in [2.24, 2.45) is 5.92 Å². The number of nitrogens with one attached hydrogen (secondary N) is 2. The second-order valence-corrected chi connectivity index (χ2v) is 15.1. The summed E-state index contributed by atoms with van der Waals surface area (Å²) in [6.45, 7) is 3.34. The molecule has 2 aromatic carbocycles. The molecule has 3 saturated heterocycles. The molecule has 5 heterocycles. The topological polar surface area (TPSA) is 130 Å². The number of pyridine rings is 1. The highest BCUT2D eigenvalue weighted by Crippen LogP contribution is 2.41. The van der Waals surface area contributed by atoms with Crippen molar-refractivity contribution in [3.63, 3.8) is 0 Å². The van der Waals surface area contributed by atoms with Gasteiger partial charge in [0.1, 0.15) is 32.7 Å². The average molecular weight is 755 g/mol. The van der Waals surface area contributed by atoms with E-state index in [4.69, 9.17) is 42.1 Å². The molecule has 3 atom stereocenters. The molecule has 1 unspecified atom stereocenters. The first kappa shape index (κ1) is 37.1. The van der Waals surface area contributed by atoms with E-state index >= 15 is 0 Å². The van der Waals surface area contributed by atoms with Gasteiger partial charge in [-0.3, -0.25) is 10.2 Å². The van der Waals surface area contributed by atoms with Gasteiger partial charge in [0.15, 0.2) is 23.9 Å². The number of methoxy groups -OCH3 is 2. The lowest BCUT2D eigenvalue weighted by Crippen LogP contribution is -2.55. The van der Waals surface area contributed by atoms with Gasteiger partial charge < -0.3 is 24.4 Å². The van der Waals surface area contributed by atoms with Crippen molar-refractivity contribution in [1.82, 2.24) is 10.2 Å². The molecule has 2 bridgehead atoms. The molecule has 2 aromatic heterocycles. The first-order valence-electron chi connectivity index (χ1n) is 16.9. The van der Waals surface area contributed by atoms with Gasteiger partial charge in [0, 0.05) is 30.0 Å². The predicted molar refractivity (Wildman–Crippen MR) is 193 cm³/mol. The number of hydrogen-bond donors (Lipinski definition) is 1. The van der Waals surface area contributed by atoms with Crippen LogP contribution in [0.25, 0.3) is 0 Å². The molecule has 10 nitrogen and oxygen atoms in total. The van der Waals surface area contributed by atoms with Crippen LogP contribution < -0.4 is 19.8 Å². The van der Waals surface area contributed by atoms with Gasteiger partial charge in [-0.15, -0.1) is 11.3 Å². The van der Waals surface area contributed by atoms with E-state index in [0.29, 0.717) is 56.4 Å². The summed E-state index contributed by atoms with van der Waals surface area (Å²) in [5.41, 5.74) is 2.49. The number of rotatable bonds is 12. The number of carbonyl (C=O) groups is 2. The Balaban J connectivity index is 0.00000448. The Morgan fingerprint density at radius 1 is 1.02 bits per heavy atom. The Morgan fingerprint density at radius 2 is 1.76 bits per heavy atom. The van der Waals surface area contributed by atoms with Crippen LogP contribution in [-0.4, -0.2) is 62.3 Å². The second-order valence-electron chi connectivity index (χ2n) is 13.1. The standard InChI is InChI=1S/C38H39Cl2N3O6S.H2O/c1-46-31-9-7-25(17-33(31)47-2)32(18-27-29(39)20-41-21-30(27)40)48-36(44)35-10-8-26(50-35)19-42-38(14-11-23-5-3-4-6-28(23)38)37(45)49-34-22-43-15-12-24(34)13-16-43;/h3-10,17,20-21,24,32,34,42H,11-16,18-19,22H2,1-2H3;1H2/t32-,34-,38?;/m0./s1. The Bertz CT molecular complexity index is 1860. The number of carbonyl (C=O) groups excluding carboxylic acids is 2. The molecule has 1 aliphatic carbocycles. The monoisotopic (exact) mass is 753 g/mol. The lowest BCUT2D eigenvalue weighted by molar-refractivity contribution is -0.377. The summed E-state index contributed by atoms with van der Waals surface area (Å²) in [6.07, 6.45) is 6.22. The number of H-pyrrole nitrogens is 1. The molecule has 4 aromatic rings. The van der Waals surface area contributed by atoms with E-state index in [1.807, 2.05) is 30.3 Å². The fraction of sp³-hybridized carbons (Fsp3) is 0.395. The third-order valence-electron chi connectivity index (χ3n) is 10.3. The van der Waals surface area contributed by atoms with Gasteiger partial charge in [-0.2, -0.15) is 0 Å². The summed E-state index contributed by atoms with van der Waals surface area (Å²) in [5, 5.41) is 4.46. The largest absolute Gasteiger partial charge is 0.870 e. The van der Waals surface area contributed by atoms with Crippen LogP contribution in [0.1, 0.15) is 62.2 Å². The highest BCUT2D eigenvalue weighted by molar-refractivity contribution is 7.13. The number of benzene rings is 2. The molecule has 4 aliphatic rings. The number of hydrogen-bond acceptors (Lipinski definition) is 10. The number of halogens is 2. The van der Waals surface area contributed by atoms with Gasteiger partial charge in [0.25, 0.3) is 0 Å². The van der Waals surface area contributed by atoms with Crippen LogP contribution in [-0.2, 0) is 39.2 Å². The van der Waals surface area contributed by atoms with Crippen molar-refractivity contribution in [2.75, 3.05) is 33.9 Å². The summed E-state index contributed by atoms with van der Waals surface area (Å²) in [7, 11) is 3.11. The first-order valence-corrected chi connectivity index (χ1v) is 18.5. The Morgan fingerprint density at radius 3 is 2.47 bits per heavy atom. The minimum absolute atomic E-state index is 0. The molecule has 0 saturated carbocycles. The van der Waals surface area contributed by atoms with Gasteiger partial charge in [0.05, 0.1) is 14.2 Å². The van der Waals surface area contributed by atoms with Gasteiger partial charge in [-0.1, -0.05) is 53.5 Å². The van der Waals surface area contributed by atoms with E-state index in [2.05, 4.69) is 21.3 Å². The second kappa shape index (κ2) is 15.9. The molecule has 0 spiro atoms. The lowest BCUT2D eigenvalue weighted by atomic mass is 9.85. The lowest BCUT2D eigenvalue weighted by Gasteiger charge is -2.45. The van der Waals surface area contributed by atoms with Crippen LogP contribution in [0, 0.1) is 5.92 Å². The van der Waals surface area contributed by atoms with Gasteiger partial charge in [-0.05, 0) is 85.6 Å². The molecular weight excluding hydrogens is 713 g/mol. The molecule has 3 fully saturated rings.